The lowest BCUT2D eigenvalue weighted by Crippen LogP contribution is -2.23. The number of thiophene rings is 1. The van der Waals surface area contributed by atoms with Crippen LogP contribution in [0, 0.1) is 0 Å². The molecule has 0 fully saturated rings. The van der Waals surface area contributed by atoms with Crippen molar-refractivity contribution < 1.29 is 4.79 Å². The fourth-order valence-corrected chi connectivity index (χ4v) is 4.08. The van der Waals surface area contributed by atoms with Crippen molar-refractivity contribution in [2.24, 2.45) is 0 Å². The first-order valence-electron chi connectivity index (χ1n) is 6.85. The van der Waals surface area contributed by atoms with E-state index in [-0.39, 0.29) is 5.91 Å². The lowest BCUT2D eigenvalue weighted by atomic mass is 10.2. The minimum atomic E-state index is -0.141. The number of fused-ring (bicyclic) bond motifs is 1. The summed E-state index contributed by atoms with van der Waals surface area (Å²) in [7, 11) is 0. The number of nitrogens with zero attached hydrogens (tertiary/aromatic N) is 3. The predicted molar refractivity (Wildman–Crippen MR) is 86.0 cm³/mol. The first kappa shape index (κ1) is 13.6. The van der Waals surface area contributed by atoms with Crippen LogP contribution < -0.4 is 5.32 Å². The van der Waals surface area contributed by atoms with E-state index in [2.05, 4.69) is 25.1 Å². The van der Waals surface area contributed by atoms with E-state index in [1.807, 2.05) is 23.7 Å². The SMILES string of the molecule is O=C(NCc1cn2c(n1)SCC2)c1cn[nH]c1-c1cccs1. The normalized spacial score (nSPS) is 13.3. The molecule has 1 amide bonds. The molecule has 0 spiro atoms. The fraction of sp³-hybridized carbons (Fsp3) is 0.214. The van der Waals surface area contributed by atoms with E-state index in [1.54, 1.807) is 29.3 Å². The van der Waals surface area contributed by atoms with Crippen molar-refractivity contribution in [1.82, 2.24) is 25.1 Å². The third-order valence-electron chi connectivity index (χ3n) is 3.43. The summed E-state index contributed by atoms with van der Waals surface area (Å²) in [5.74, 6) is 0.937. The number of nitrogens with one attached hydrogen (secondary N) is 2. The summed E-state index contributed by atoms with van der Waals surface area (Å²) in [6, 6.07) is 3.92. The average molecular weight is 331 g/mol. The van der Waals surface area contributed by atoms with Gasteiger partial charge in [-0.15, -0.1) is 11.3 Å². The maximum Gasteiger partial charge on any atom is 0.255 e. The number of rotatable bonds is 4. The Morgan fingerprint density at radius 2 is 2.45 bits per heavy atom. The molecule has 0 saturated carbocycles. The average Bonchev–Trinajstić information content (AvgIpc) is 3.26. The summed E-state index contributed by atoms with van der Waals surface area (Å²) in [5, 5.41) is 12.8. The smallest absolute Gasteiger partial charge is 0.255 e. The largest absolute Gasteiger partial charge is 0.346 e. The van der Waals surface area contributed by atoms with Crippen LogP contribution in [0.25, 0.3) is 10.6 Å². The highest BCUT2D eigenvalue weighted by atomic mass is 32.2. The Labute approximate surface area is 135 Å². The van der Waals surface area contributed by atoms with Crippen LogP contribution in [0.15, 0.2) is 35.1 Å². The van der Waals surface area contributed by atoms with Crippen LogP contribution in [0.4, 0.5) is 0 Å². The zero-order chi connectivity index (χ0) is 14.9. The molecule has 6 nitrogen and oxygen atoms in total. The van der Waals surface area contributed by atoms with Crippen molar-refractivity contribution in [3.63, 3.8) is 0 Å². The zero-order valence-corrected chi connectivity index (χ0v) is 13.2. The number of amides is 1. The van der Waals surface area contributed by atoms with Crippen LogP contribution in [0.1, 0.15) is 16.1 Å². The van der Waals surface area contributed by atoms with Gasteiger partial charge in [0.2, 0.25) is 0 Å². The van der Waals surface area contributed by atoms with E-state index in [9.17, 15) is 4.79 Å². The zero-order valence-electron chi connectivity index (χ0n) is 11.6. The molecule has 0 bridgehead atoms. The Morgan fingerprint density at radius 1 is 1.50 bits per heavy atom. The summed E-state index contributed by atoms with van der Waals surface area (Å²) in [5.41, 5.74) is 2.20. The molecule has 112 valence electrons. The second-order valence-electron chi connectivity index (χ2n) is 4.88. The highest BCUT2D eigenvalue weighted by Crippen LogP contribution is 2.26. The maximum absolute atomic E-state index is 12.4. The van der Waals surface area contributed by atoms with Crippen LogP contribution in [0.5, 0.6) is 0 Å². The van der Waals surface area contributed by atoms with Gasteiger partial charge in [-0.3, -0.25) is 9.89 Å². The molecule has 0 atom stereocenters. The number of thioether (sulfide) groups is 1. The van der Waals surface area contributed by atoms with Gasteiger partial charge in [-0.1, -0.05) is 17.8 Å². The first-order chi connectivity index (χ1) is 10.8. The molecular weight excluding hydrogens is 318 g/mol. The standard InChI is InChI=1S/C14H13N5OS2/c20-13(10-7-16-18-12(10)11-2-1-4-21-11)15-6-9-8-19-3-5-22-14(19)17-9/h1-2,4,7-8H,3,5-6H2,(H,15,20)(H,16,18). The molecule has 1 aliphatic rings. The highest BCUT2D eigenvalue weighted by molar-refractivity contribution is 7.99. The Kier molecular flexibility index (Phi) is 3.47. The second-order valence-corrected chi connectivity index (χ2v) is 6.89. The van der Waals surface area contributed by atoms with Crippen molar-refractivity contribution in [3.05, 3.63) is 41.2 Å². The number of hydrogen-bond acceptors (Lipinski definition) is 5. The maximum atomic E-state index is 12.4. The van der Waals surface area contributed by atoms with Gasteiger partial charge in [-0.25, -0.2) is 4.98 Å². The number of imidazole rings is 1. The Balaban J connectivity index is 1.47. The Hall–Kier alpha value is -2.06. The van der Waals surface area contributed by atoms with Crippen LogP contribution in [-0.2, 0) is 13.1 Å². The van der Waals surface area contributed by atoms with E-state index in [0.717, 1.165) is 33.7 Å². The van der Waals surface area contributed by atoms with E-state index in [0.29, 0.717) is 12.1 Å². The van der Waals surface area contributed by atoms with Crippen molar-refractivity contribution >= 4 is 29.0 Å². The molecule has 4 rings (SSSR count). The molecule has 0 aromatic carbocycles. The van der Waals surface area contributed by atoms with Gasteiger partial charge in [0.15, 0.2) is 5.16 Å². The summed E-state index contributed by atoms with van der Waals surface area (Å²) >= 11 is 3.32. The van der Waals surface area contributed by atoms with Gasteiger partial charge >= 0.3 is 0 Å². The lowest BCUT2D eigenvalue weighted by Gasteiger charge is -2.03. The minimum absolute atomic E-state index is 0.141. The topological polar surface area (TPSA) is 75.6 Å². The van der Waals surface area contributed by atoms with Gasteiger partial charge in [-0.2, -0.15) is 5.10 Å². The third kappa shape index (κ3) is 2.44. The van der Waals surface area contributed by atoms with E-state index in [1.165, 1.54) is 0 Å². The molecule has 0 saturated heterocycles. The van der Waals surface area contributed by atoms with E-state index < -0.39 is 0 Å². The second kappa shape index (κ2) is 5.62. The van der Waals surface area contributed by atoms with Gasteiger partial charge < -0.3 is 9.88 Å². The van der Waals surface area contributed by atoms with Gasteiger partial charge in [0.1, 0.15) is 0 Å². The summed E-state index contributed by atoms with van der Waals surface area (Å²) < 4.78 is 2.13. The molecule has 22 heavy (non-hydrogen) atoms. The number of H-pyrrole nitrogens is 1. The summed E-state index contributed by atoms with van der Waals surface area (Å²) in [4.78, 5) is 17.9. The van der Waals surface area contributed by atoms with Gasteiger partial charge in [0.05, 0.1) is 34.6 Å². The molecular formula is C14H13N5OS2. The molecule has 3 aromatic heterocycles. The first-order valence-corrected chi connectivity index (χ1v) is 8.72. The third-order valence-corrected chi connectivity index (χ3v) is 5.29. The number of carbonyl (C=O) groups excluding carboxylic acids is 1. The van der Waals surface area contributed by atoms with Crippen LogP contribution in [0.3, 0.4) is 0 Å². The van der Waals surface area contributed by atoms with E-state index in [4.69, 9.17) is 0 Å². The van der Waals surface area contributed by atoms with Crippen molar-refractivity contribution in [2.45, 2.75) is 18.2 Å². The summed E-state index contributed by atoms with van der Waals surface area (Å²) in [6.07, 6.45) is 3.57. The van der Waals surface area contributed by atoms with Gasteiger partial charge in [0.25, 0.3) is 5.91 Å². The molecule has 0 unspecified atom stereocenters. The number of aryl methyl sites for hydroxylation is 1. The Bertz CT molecular complexity index is 784. The monoisotopic (exact) mass is 331 g/mol. The number of aromatic amines is 1. The highest BCUT2D eigenvalue weighted by Gasteiger charge is 2.18. The summed E-state index contributed by atoms with van der Waals surface area (Å²) in [6.45, 7) is 1.42. The molecule has 3 aromatic rings. The van der Waals surface area contributed by atoms with Crippen LogP contribution >= 0.6 is 23.1 Å². The van der Waals surface area contributed by atoms with Crippen molar-refractivity contribution in [1.29, 1.82) is 0 Å². The fourth-order valence-electron chi connectivity index (χ4n) is 2.38. The number of aromatic nitrogens is 4. The van der Waals surface area contributed by atoms with Crippen molar-refractivity contribution in [3.8, 4) is 10.6 Å². The minimum Gasteiger partial charge on any atom is -0.346 e. The predicted octanol–water partition coefficient (Wildman–Crippen LogP) is 2.37. The quantitative estimate of drug-likeness (QED) is 0.769. The molecule has 0 aliphatic carbocycles. The molecule has 8 heteroatoms. The van der Waals surface area contributed by atoms with Crippen molar-refractivity contribution in [2.75, 3.05) is 5.75 Å². The number of carbonyl (C=O) groups is 1. The van der Waals surface area contributed by atoms with Gasteiger partial charge in [-0.05, 0) is 11.4 Å². The molecule has 1 aliphatic heterocycles. The molecule has 0 radical (unpaired) electrons. The molecule has 2 N–H and O–H groups in total. The Morgan fingerprint density at radius 3 is 3.27 bits per heavy atom. The lowest BCUT2D eigenvalue weighted by molar-refractivity contribution is 0.0951. The number of hydrogen-bond donors (Lipinski definition) is 2. The van der Waals surface area contributed by atoms with Crippen LogP contribution in [0.2, 0.25) is 0 Å². The van der Waals surface area contributed by atoms with E-state index >= 15 is 0 Å². The van der Waals surface area contributed by atoms with Gasteiger partial charge in [0, 0.05) is 18.5 Å². The molecule has 4 heterocycles. The van der Waals surface area contributed by atoms with Crippen LogP contribution in [-0.4, -0.2) is 31.4 Å².